The fourth-order valence-corrected chi connectivity index (χ4v) is 7.40. The Morgan fingerprint density at radius 1 is 0.744 bits per heavy atom. The minimum atomic E-state index is -3.82. The molecule has 0 aromatic heterocycles. The van der Waals surface area contributed by atoms with Gasteiger partial charge in [-0.1, -0.05) is 105 Å². The highest BCUT2D eigenvalue weighted by atomic mass is 31.2. The maximum Gasteiger partial charge on any atom is 0.536 e. The van der Waals surface area contributed by atoms with E-state index in [1.165, 1.54) is 11.9 Å². The SMILES string of the molecule is C.C.CC(OP(C)(=O)F)C(C)(C)C.CC(OP(C)(=O)O)C(C)(C)C.CO[Si](OC)(OC)c1ccc([Si](C)(C)C)cc1.F.O. The molecule has 0 fully saturated rings. The van der Waals surface area contributed by atoms with Gasteiger partial charge in [-0.25, -0.2) is 0 Å². The molecule has 0 saturated carbocycles. The normalized spacial score (nSPS) is 15.8. The molecule has 0 aliphatic rings. The first-order chi connectivity index (χ1) is 17.1. The van der Waals surface area contributed by atoms with E-state index in [0.29, 0.717) is 0 Å². The maximum absolute atomic E-state index is 12.5. The fraction of sp³-hybridized carbons (Fsp3) is 0.786. The summed E-state index contributed by atoms with van der Waals surface area (Å²) in [4.78, 5) is 8.88. The van der Waals surface area contributed by atoms with E-state index in [-0.39, 0.29) is 48.1 Å². The molecule has 3 N–H and O–H groups in total. The minimum absolute atomic E-state index is 0. The van der Waals surface area contributed by atoms with Crippen LogP contribution in [0.15, 0.2) is 24.3 Å². The zero-order valence-corrected chi connectivity index (χ0v) is 31.7. The molecule has 0 saturated heterocycles. The van der Waals surface area contributed by atoms with Gasteiger partial charge in [-0.05, 0) is 24.7 Å². The summed E-state index contributed by atoms with van der Waals surface area (Å²) in [5.74, 6) is 0. The molecule has 264 valence electrons. The van der Waals surface area contributed by atoms with Crippen LogP contribution in [0.5, 0.6) is 0 Å². The highest BCUT2D eigenvalue weighted by Gasteiger charge is 2.40. The molecule has 1 aromatic carbocycles. The molecule has 0 amide bonds. The molecule has 43 heavy (non-hydrogen) atoms. The fourth-order valence-electron chi connectivity index (χ4n) is 2.67. The van der Waals surface area contributed by atoms with Crippen LogP contribution in [0.4, 0.5) is 8.90 Å². The summed E-state index contributed by atoms with van der Waals surface area (Å²) >= 11 is 0. The Bertz CT molecular complexity index is 885. The topological polar surface area (TPSA) is 132 Å². The molecule has 0 spiro atoms. The number of benzene rings is 1. The maximum atomic E-state index is 12.5. The zero-order valence-electron chi connectivity index (χ0n) is 27.9. The highest BCUT2D eigenvalue weighted by molar-refractivity contribution is 7.52. The molecule has 0 aliphatic heterocycles. The molecule has 15 heteroatoms. The van der Waals surface area contributed by atoms with E-state index >= 15 is 0 Å². The van der Waals surface area contributed by atoms with Crippen molar-refractivity contribution in [1.29, 1.82) is 0 Å². The lowest BCUT2D eigenvalue weighted by atomic mass is 9.91. The Morgan fingerprint density at radius 2 is 1.02 bits per heavy atom. The molecule has 1 rings (SSSR count). The van der Waals surface area contributed by atoms with Gasteiger partial charge in [0.15, 0.2) is 0 Å². The van der Waals surface area contributed by atoms with E-state index in [1.54, 1.807) is 35.2 Å². The van der Waals surface area contributed by atoms with Crippen molar-refractivity contribution < 1.29 is 50.7 Å². The summed E-state index contributed by atoms with van der Waals surface area (Å²) in [6.45, 7) is 24.3. The van der Waals surface area contributed by atoms with Crippen LogP contribution in [0.2, 0.25) is 19.6 Å². The van der Waals surface area contributed by atoms with Crippen molar-refractivity contribution in [2.75, 3.05) is 34.7 Å². The predicted molar refractivity (Wildman–Crippen MR) is 186 cm³/mol. The summed E-state index contributed by atoms with van der Waals surface area (Å²) in [6.07, 6.45) is -0.535. The lowest BCUT2D eigenvalue weighted by Gasteiger charge is -2.27. The first-order valence-electron chi connectivity index (χ1n) is 12.9. The largest absolute Gasteiger partial charge is 0.536 e. The molecule has 9 nitrogen and oxygen atoms in total. The number of rotatable bonds is 9. The van der Waals surface area contributed by atoms with Gasteiger partial charge in [-0.15, -0.1) is 0 Å². The van der Waals surface area contributed by atoms with Gasteiger partial charge in [0.25, 0.3) is 0 Å². The van der Waals surface area contributed by atoms with Crippen molar-refractivity contribution in [3.63, 3.8) is 0 Å². The molecular formula is C28H66F2O9P2Si2. The Morgan fingerprint density at radius 3 is 1.19 bits per heavy atom. The van der Waals surface area contributed by atoms with Crippen molar-refractivity contribution in [1.82, 2.24) is 0 Å². The summed E-state index contributed by atoms with van der Waals surface area (Å²) in [6, 6.07) is 8.47. The van der Waals surface area contributed by atoms with E-state index in [0.717, 1.165) is 11.9 Å². The Balaban J connectivity index is -0.000000118. The van der Waals surface area contributed by atoms with Crippen LogP contribution in [0.25, 0.3) is 0 Å². The van der Waals surface area contributed by atoms with Gasteiger partial charge in [-0.3, -0.25) is 13.8 Å². The van der Waals surface area contributed by atoms with E-state index in [4.69, 9.17) is 27.2 Å². The second-order valence-electron chi connectivity index (χ2n) is 12.8. The lowest BCUT2D eigenvalue weighted by molar-refractivity contribution is 0.0914. The van der Waals surface area contributed by atoms with Crippen LogP contribution in [0.1, 0.15) is 70.2 Å². The third-order valence-corrected chi connectivity index (χ3v) is 12.2. The van der Waals surface area contributed by atoms with Crippen LogP contribution < -0.4 is 10.4 Å². The van der Waals surface area contributed by atoms with Crippen LogP contribution in [-0.2, 0) is 31.5 Å². The number of hydrogen-bond donors (Lipinski definition) is 1. The first kappa shape index (κ1) is 55.1. The van der Waals surface area contributed by atoms with Gasteiger partial charge < -0.3 is 32.7 Å². The van der Waals surface area contributed by atoms with Crippen molar-refractivity contribution in [3.05, 3.63) is 24.3 Å². The highest BCUT2D eigenvalue weighted by Crippen LogP contribution is 2.47. The van der Waals surface area contributed by atoms with Crippen LogP contribution in [-0.4, -0.2) is 74.1 Å². The molecular weight excluding hydrogens is 636 g/mol. The lowest BCUT2D eigenvalue weighted by Crippen LogP contribution is -2.55. The van der Waals surface area contributed by atoms with Gasteiger partial charge in [0, 0.05) is 39.8 Å². The molecule has 0 radical (unpaired) electrons. The van der Waals surface area contributed by atoms with E-state index in [1.807, 2.05) is 41.5 Å². The molecule has 4 atom stereocenters. The van der Waals surface area contributed by atoms with E-state index < -0.39 is 32.2 Å². The van der Waals surface area contributed by atoms with Crippen LogP contribution in [0.3, 0.4) is 0 Å². The summed E-state index contributed by atoms with van der Waals surface area (Å²) < 4.78 is 59.9. The van der Waals surface area contributed by atoms with Crippen LogP contribution in [0, 0.1) is 10.8 Å². The van der Waals surface area contributed by atoms with Gasteiger partial charge in [0.05, 0.1) is 20.3 Å². The summed E-state index contributed by atoms with van der Waals surface area (Å²) in [5, 5.41) is 2.43. The van der Waals surface area contributed by atoms with Crippen molar-refractivity contribution in [2.24, 2.45) is 10.8 Å². The Labute approximate surface area is 264 Å². The van der Waals surface area contributed by atoms with Gasteiger partial charge >= 0.3 is 24.1 Å². The van der Waals surface area contributed by atoms with Gasteiger partial charge in [0.1, 0.15) is 0 Å². The second-order valence-corrected chi connectivity index (χ2v) is 24.3. The third kappa shape index (κ3) is 23.7. The Hall–Kier alpha value is -0.306. The number of hydrogen-bond acceptors (Lipinski definition) is 7. The van der Waals surface area contributed by atoms with Gasteiger partial charge in [-0.2, -0.15) is 4.20 Å². The smallest absolute Gasteiger partial charge is 0.412 e. The average molecular weight is 703 g/mol. The predicted octanol–water partition coefficient (Wildman–Crippen LogP) is 7.40. The molecule has 0 heterocycles. The van der Waals surface area contributed by atoms with Crippen molar-refractivity contribution in [3.8, 4) is 0 Å². The molecule has 4 unspecified atom stereocenters. The summed E-state index contributed by atoms with van der Waals surface area (Å²) in [7, 11) is -6.16. The number of halogens is 2. The molecule has 1 aromatic rings. The average Bonchev–Trinajstić information content (AvgIpc) is 2.72. The second kappa shape index (κ2) is 21.5. The summed E-state index contributed by atoms with van der Waals surface area (Å²) in [5.41, 5.74) is -0.258. The first-order valence-corrected chi connectivity index (χ1v) is 22.1. The van der Waals surface area contributed by atoms with E-state index in [2.05, 4.69) is 43.9 Å². The standard InChI is InChI=1S/C12H22O3Si2.C7H16FO2P.C7H17O3P.2CH4.FH.H2O/c1-13-17(14-2,15-3)12-9-7-11(8-10-12)16(4,5)6;2*1-6(7(2,3)4)10-11(5,8)9;;;;/h7-10H,1-6H3;6H,1-5H3;6H,1-5H3,(H,8,9);2*1H4;1H;1H2. The monoisotopic (exact) mass is 702 g/mol. The van der Waals surface area contributed by atoms with Crippen molar-refractivity contribution >= 4 is 42.5 Å². The van der Waals surface area contributed by atoms with Crippen LogP contribution >= 0.6 is 15.3 Å². The Kier molecular flexibility index (Phi) is 27.5. The minimum Gasteiger partial charge on any atom is -0.412 e. The quantitative estimate of drug-likeness (QED) is 0.208. The van der Waals surface area contributed by atoms with E-state index in [9.17, 15) is 13.3 Å². The zero-order chi connectivity index (χ0) is 31.7. The van der Waals surface area contributed by atoms with Gasteiger partial charge in [0.2, 0.25) is 0 Å². The third-order valence-electron chi connectivity index (χ3n) is 6.05. The van der Waals surface area contributed by atoms with Crippen molar-refractivity contribution in [2.45, 2.75) is 102 Å². The molecule has 0 aliphatic carbocycles. The molecule has 0 bridgehead atoms.